The molecule has 0 amide bonds. The van der Waals surface area contributed by atoms with Crippen LogP contribution in [0.2, 0.25) is 0 Å². The fourth-order valence-corrected chi connectivity index (χ4v) is 4.00. The molecule has 0 unspecified atom stereocenters. The van der Waals surface area contributed by atoms with E-state index in [1.54, 1.807) is 12.1 Å². The summed E-state index contributed by atoms with van der Waals surface area (Å²) in [7, 11) is 0. The normalized spacial score (nSPS) is 11.7. The molecule has 176 valence electrons. The maximum atomic E-state index is 14.1. The molecule has 0 bridgehead atoms. The van der Waals surface area contributed by atoms with Gasteiger partial charge < -0.3 is 4.74 Å². The van der Waals surface area contributed by atoms with Crippen molar-refractivity contribution in [2.75, 3.05) is 0 Å². The summed E-state index contributed by atoms with van der Waals surface area (Å²) in [4.78, 5) is 0. The number of unbranched alkanes of at least 4 members (excludes halogenated alkanes) is 2. The van der Waals surface area contributed by atoms with E-state index in [9.17, 15) is 22.0 Å². The van der Waals surface area contributed by atoms with Crippen LogP contribution in [0.3, 0.4) is 0 Å². The zero-order chi connectivity index (χ0) is 24.3. The van der Waals surface area contributed by atoms with Gasteiger partial charge in [-0.15, -0.1) is 13.2 Å². The van der Waals surface area contributed by atoms with Crippen LogP contribution in [0.5, 0.6) is 5.75 Å². The van der Waals surface area contributed by atoms with Crippen LogP contribution < -0.4 is 4.74 Å². The Bertz CT molecular complexity index is 1270. The summed E-state index contributed by atoms with van der Waals surface area (Å²) in [5.74, 6) is -4.29. The number of fused-ring (bicyclic) bond motifs is 1. The van der Waals surface area contributed by atoms with Crippen molar-refractivity contribution in [2.45, 2.75) is 39.0 Å². The smallest absolute Gasteiger partial charge is 0.399 e. The first-order valence-corrected chi connectivity index (χ1v) is 11.1. The summed E-state index contributed by atoms with van der Waals surface area (Å²) in [6.45, 7) is 2.19. The van der Waals surface area contributed by atoms with Crippen LogP contribution in [0.1, 0.15) is 31.7 Å². The minimum Gasteiger partial charge on any atom is -0.399 e. The second-order valence-corrected chi connectivity index (χ2v) is 8.25. The lowest BCUT2D eigenvalue weighted by Crippen LogP contribution is -2.19. The first kappa shape index (κ1) is 23.7. The molecular formula is C28H23F5O. The van der Waals surface area contributed by atoms with Crippen molar-refractivity contribution in [2.24, 2.45) is 0 Å². The topological polar surface area (TPSA) is 9.23 Å². The minimum atomic E-state index is -5.18. The van der Waals surface area contributed by atoms with Crippen LogP contribution in [0.15, 0.2) is 72.8 Å². The molecule has 0 N–H and O–H groups in total. The summed E-state index contributed by atoms with van der Waals surface area (Å²) >= 11 is 0. The zero-order valence-electron chi connectivity index (χ0n) is 18.6. The van der Waals surface area contributed by atoms with Gasteiger partial charge in [-0.1, -0.05) is 74.4 Å². The number of halogens is 5. The first-order chi connectivity index (χ1) is 16.2. The third-order valence-electron chi connectivity index (χ3n) is 5.74. The predicted octanol–water partition coefficient (Wildman–Crippen LogP) is 9.08. The lowest BCUT2D eigenvalue weighted by atomic mass is 9.97. The van der Waals surface area contributed by atoms with Crippen LogP contribution in [-0.2, 0) is 6.42 Å². The molecule has 0 saturated heterocycles. The number of ether oxygens (including phenoxy) is 1. The largest absolute Gasteiger partial charge is 0.573 e. The third-order valence-corrected chi connectivity index (χ3v) is 5.74. The van der Waals surface area contributed by atoms with Gasteiger partial charge in [0.25, 0.3) is 0 Å². The van der Waals surface area contributed by atoms with Crippen molar-refractivity contribution in [1.29, 1.82) is 0 Å². The van der Waals surface area contributed by atoms with Gasteiger partial charge in [0.2, 0.25) is 5.75 Å². The second-order valence-electron chi connectivity index (χ2n) is 8.25. The standard InChI is InChI=1S/C28H23F5O/c1-2-3-4-5-18-6-7-23-15-22(13-12-21(23)14-18)19-8-10-20(11-9-19)24-16-25(29)27(26(30)17-24)34-28(31,32)33/h6-17H,2-5H2,1H3. The molecule has 0 radical (unpaired) electrons. The average molecular weight is 470 g/mol. The molecule has 4 rings (SSSR count). The van der Waals surface area contributed by atoms with Gasteiger partial charge in [0.05, 0.1) is 0 Å². The summed E-state index contributed by atoms with van der Waals surface area (Å²) < 4.78 is 68.7. The average Bonchev–Trinajstić information content (AvgIpc) is 2.80. The molecule has 0 aliphatic heterocycles. The Balaban J connectivity index is 1.56. The number of hydrogen-bond acceptors (Lipinski definition) is 1. The molecule has 0 aliphatic carbocycles. The van der Waals surface area contributed by atoms with Crippen LogP contribution in [-0.4, -0.2) is 6.36 Å². The van der Waals surface area contributed by atoms with E-state index in [0.717, 1.165) is 35.1 Å². The van der Waals surface area contributed by atoms with Crippen LogP contribution in [0.4, 0.5) is 22.0 Å². The van der Waals surface area contributed by atoms with Crippen molar-refractivity contribution < 1.29 is 26.7 Å². The van der Waals surface area contributed by atoms with Crippen LogP contribution >= 0.6 is 0 Å². The molecule has 0 spiro atoms. The summed E-state index contributed by atoms with van der Waals surface area (Å²) in [5.41, 5.74) is 3.81. The molecule has 0 aromatic heterocycles. The van der Waals surface area contributed by atoms with Crippen molar-refractivity contribution >= 4 is 10.8 Å². The molecular weight excluding hydrogens is 447 g/mol. The van der Waals surface area contributed by atoms with Crippen molar-refractivity contribution in [3.05, 3.63) is 90.0 Å². The third kappa shape index (κ3) is 5.56. The van der Waals surface area contributed by atoms with Gasteiger partial charge in [0, 0.05) is 0 Å². The SMILES string of the molecule is CCCCCc1ccc2cc(-c3ccc(-c4cc(F)c(OC(F)(F)F)c(F)c4)cc3)ccc2c1. The van der Waals surface area contributed by atoms with E-state index >= 15 is 0 Å². The molecule has 4 aromatic rings. The van der Waals surface area contributed by atoms with Crippen molar-refractivity contribution in [1.82, 2.24) is 0 Å². The first-order valence-electron chi connectivity index (χ1n) is 11.1. The fraction of sp³-hybridized carbons (Fsp3) is 0.214. The number of alkyl halides is 3. The maximum Gasteiger partial charge on any atom is 0.573 e. The van der Waals surface area contributed by atoms with Gasteiger partial charge in [0.15, 0.2) is 11.6 Å². The van der Waals surface area contributed by atoms with Crippen LogP contribution in [0, 0.1) is 11.6 Å². The summed E-state index contributed by atoms with van der Waals surface area (Å²) in [6.07, 6.45) is -0.522. The highest BCUT2D eigenvalue weighted by Gasteiger charge is 2.34. The molecule has 0 fully saturated rings. The van der Waals surface area contributed by atoms with E-state index < -0.39 is 23.7 Å². The number of aryl methyl sites for hydroxylation is 1. The number of rotatable bonds is 7. The monoisotopic (exact) mass is 470 g/mol. The van der Waals surface area contributed by atoms with E-state index in [0.29, 0.717) is 5.56 Å². The highest BCUT2D eigenvalue weighted by Crippen LogP contribution is 2.34. The summed E-state index contributed by atoms with van der Waals surface area (Å²) in [6, 6.07) is 21.3. The molecule has 1 nitrogen and oxygen atoms in total. The minimum absolute atomic E-state index is 0.116. The maximum absolute atomic E-state index is 14.1. The lowest BCUT2D eigenvalue weighted by molar-refractivity contribution is -0.276. The van der Waals surface area contributed by atoms with E-state index in [-0.39, 0.29) is 5.56 Å². The quantitative estimate of drug-likeness (QED) is 0.193. The molecule has 34 heavy (non-hydrogen) atoms. The zero-order valence-corrected chi connectivity index (χ0v) is 18.6. The fourth-order valence-electron chi connectivity index (χ4n) is 4.00. The molecule has 0 atom stereocenters. The van der Waals surface area contributed by atoms with E-state index in [1.165, 1.54) is 30.2 Å². The molecule has 6 heteroatoms. The van der Waals surface area contributed by atoms with Crippen molar-refractivity contribution in [3.8, 4) is 28.0 Å². The molecule has 4 aromatic carbocycles. The second kappa shape index (κ2) is 9.84. The highest BCUT2D eigenvalue weighted by molar-refractivity contribution is 5.88. The van der Waals surface area contributed by atoms with E-state index in [4.69, 9.17) is 0 Å². The van der Waals surface area contributed by atoms with Crippen LogP contribution in [0.25, 0.3) is 33.0 Å². The Morgan fingerprint density at radius 1 is 0.647 bits per heavy atom. The van der Waals surface area contributed by atoms with Gasteiger partial charge in [-0.2, -0.15) is 0 Å². The van der Waals surface area contributed by atoms with Gasteiger partial charge in [0.1, 0.15) is 0 Å². The Labute approximate surface area is 194 Å². The lowest BCUT2D eigenvalue weighted by Gasteiger charge is -2.12. The van der Waals surface area contributed by atoms with Gasteiger partial charge >= 0.3 is 6.36 Å². The van der Waals surface area contributed by atoms with Gasteiger partial charge in [-0.05, 0) is 69.6 Å². The molecule has 0 saturated carbocycles. The Morgan fingerprint density at radius 3 is 1.82 bits per heavy atom. The van der Waals surface area contributed by atoms with Gasteiger partial charge in [-0.3, -0.25) is 0 Å². The Morgan fingerprint density at radius 2 is 1.21 bits per heavy atom. The Hall–Kier alpha value is -3.41. The predicted molar refractivity (Wildman–Crippen MR) is 125 cm³/mol. The van der Waals surface area contributed by atoms with Crippen molar-refractivity contribution in [3.63, 3.8) is 0 Å². The number of hydrogen-bond donors (Lipinski definition) is 0. The Kier molecular flexibility index (Phi) is 6.87. The highest BCUT2D eigenvalue weighted by atomic mass is 19.4. The van der Waals surface area contributed by atoms with Gasteiger partial charge in [-0.25, -0.2) is 8.78 Å². The van der Waals surface area contributed by atoms with E-state index in [1.807, 2.05) is 18.2 Å². The molecule has 0 aliphatic rings. The number of benzene rings is 4. The summed E-state index contributed by atoms with van der Waals surface area (Å²) in [5, 5.41) is 2.28. The van der Waals surface area contributed by atoms with E-state index in [2.05, 4.69) is 42.0 Å². The molecule has 0 heterocycles.